The summed E-state index contributed by atoms with van der Waals surface area (Å²) in [7, 11) is 2.16. The molecular formula is C20H25N7. The van der Waals surface area contributed by atoms with Gasteiger partial charge in [0.25, 0.3) is 0 Å². The van der Waals surface area contributed by atoms with Crippen LogP contribution in [0.4, 0.5) is 17.3 Å². The van der Waals surface area contributed by atoms with E-state index in [0.717, 1.165) is 64.0 Å². The van der Waals surface area contributed by atoms with E-state index in [0.29, 0.717) is 5.56 Å². The van der Waals surface area contributed by atoms with Gasteiger partial charge in [-0.2, -0.15) is 5.26 Å². The Bertz CT molecular complexity index is 798. The first kappa shape index (κ1) is 17.6. The van der Waals surface area contributed by atoms with Gasteiger partial charge in [-0.15, -0.1) is 0 Å². The molecule has 140 valence electrons. The fraction of sp³-hybridized carbons (Fsp3) is 0.450. The molecule has 2 fully saturated rings. The lowest BCUT2D eigenvalue weighted by Gasteiger charge is -2.37. The van der Waals surface area contributed by atoms with Gasteiger partial charge in [-0.25, -0.2) is 9.97 Å². The van der Waals surface area contributed by atoms with Crippen molar-refractivity contribution in [1.29, 1.82) is 5.26 Å². The molecule has 4 rings (SSSR count). The lowest BCUT2D eigenvalue weighted by molar-refractivity contribution is 0.312. The molecule has 7 nitrogen and oxygen atoms in total. The highest BCUT2D eigenvalue weighted by Crippen LogP contribution is 2.22. The van der Waals surface area contributed by atoms with Gasteiger partial charge in [0.15, 0.2) is 0 Å². The summed E-state index contributed by atoms with van der Waals surface area (Å²) in [6.45, 7) is 7.92. The molecule has 3 heterocycles. The van der Waals surface area contributed by atoms with Gasteiger partial charge in [-0.1, -0.05) is 0 Å². The Morgan fingerprint density at radius 1 is 0.778 bits per heavy atom. The summed E-state index contributed by atoms with van der Waals surface area (Å²) in [5.41, 5.74) is 1.88. The predicted molar refractivity (Wildman–Crippen MR) is 107 cm³/mol. The van der Waals surface area contributed by atoms with E-state index in [-0.39, 0.29) is 0 Å². The van der Waals surface area contributed by atoms with Crippen molar-refractivity contribution in [2.24, 2.45) is 0 Å². The van der Waals surface area contributed by atoms with Gasteiger partial charge in [0, 0.05) is 64.1 Å². The van der Waals surface area contributed by atoms with Crippen molar-refractivity contribution in [2.75, 3.05) is 74.1 Å². The minimum absolute atomic E-state index is 0.704. The van der Waals surface area contributed by atoms with E-state index in [1.165, 1.54) is 5.69 Å². The Morgan fingerprint density at radius 2 is 1.30 bits per heavy atom. The SMILES string of the molecule is CN1CCN(c2cc(N3CCN(c4ccc(C#N)cc4)CC3)ncn2)CC1. The molecule has 0 atom stereocenters. The minimum Gasteiger partial charge on any atom is -0.368 e. The molecule has 0 saturated carbocycles. The number of nitriles is 1. The molecule has 2 aliphatic heterocycles. The topological polar surface area (TPSA) is 62.5 Å². The number of likely N-dealkylation sites (N-methyl/N-ethyl adjacent to an activating group) is 1. The first-order chi connectivity index (χ1) is 13.2. The van der Waals surface area contributed by atoms with Crippen LogP contribution in [0, 0.1) is 11.3 Å². The molecule has 0 unspecified atom stereocenters. The first-order valence-electron chi connectivity index (χ1n) is 9.48. The highest BCUT2D eigenvalue weighted by atomic mass is 15.3. The Morgan fingerprint density at radius 3 is 1.85 bits per heavy atom. The maximum Gasteiger partial charge on any atom is 0.134 e. The number of aromatic nitrogens is 2. The zero-order chi connectivity index (χ0) is 18.6. The molecule has 0 spiro atoms. The number of rotatable bonds is 3. The third-order valence-electron chi connectivity index (χ3n) is 5.43. The summed E-state index contributed by atoms with van der Waals surface area (Å²) >= 11 is 0. The zero-order valence-electron chi connectivity index (χ0n) is 15.8. The minimum atomic E-state index is 0.704. The molecule has 1 aromatic carbocycles. The summed E-state index contributed by atoms with van der Waals surface area (Å²) in [6.07, 6.45) is 1.69. The molecule has 7 heteroatoms. The molecule has 0 N–H and O–H groups in total. The standard InChI is InChI=1S/C20H25N7/c1-24-6-8-26(9-7-24)19-14-20(23-16-22-19)27-12-10-25(11-13-27)18-4-2-17(15-21)3-5-18/h2-5,14,16H,6-13H2,1H3. The van der Waals surface area contributed by atoms with E-state index in [1.54, 1.807) is 6.33 Å². The smallest absolute Gasteiger partial charge is 0.134 e. The second-order valence-corrected chi connectivity index (χ2v) is 7.16. The molecule has 2 aliphatic rings. The Kier molecular flexibility index (Phi) is 5.07. The van der Waals surface area contributed by atoms with E-state index in [1.807, 2.05) is 24.3 Å². The van der Waals surface area contributed by atoms with Crippen molar-refractivity contribution < 1.29 is 0 Å². The van der Waals surface area contributed by atoms with Crippen LogP contribution in [-0.4, -0.2) is 74.3 Å². The van der Waals surface area contributed by atoms with Gasteiger partial charge in [0.2, 0.25) is 0 Å². The number of hydrogen-bond donors (Lipinski definition) is 0. The average molecular weight is 363 g/mol. The Hall–Kier alpha value is -2.85. The molecule has 27 heavy (non-hydrogen) atoms. The molecular weight excluding hydrogens is 338 g/mol. The van der Waals surface area contributed by atoms with Gasteiger partial charge in [0.1, 0.15) is 18.0 Å². The lowest BCUT2D eigenvalue weighted by Crippen LogP contribution is -2.47. The molecule has 0 radical (unpaired) electrons. The van der Waals surface area contributed by atoms with Crippen LogP contribution in [0.1, 0.15) is 5.56 Å². The van der Waals surface area contributed by atoms with Crippen LogP contribution < -0.4 is 14.7 Å². The quantitative estimate of drug-likeness (QED) is 0.817. The Labute approximate surface area is 160 Å². The summed E-state index contributed by atoms with van der Waals surface area (Å²) in [4.78, 5) is 18.4. The highest BCUT2D eigenvalue weighted by Gasteiger charge is 2.21. The van der Waals surface area contributed by atoms with Crippen LogP contribution >= 0.6 is 0 Å². The summed E-state index contributed by atoms with van der Waals surface area (Å²) in [5, 5.41) is 8.94. The molecule has 1 aromatic heterocycles. The van der Waals surface area contributed by atoms with Crippen LogP contribution in [-0.2, 0) is 0 Å². The number of nitrogens with zero attached hydrogens (tertiary/aromatic N) is 7. The van der Waals surface area contributed by atoms with Gasteiger partial charge in [-0.05, 0) is 31.3 Å². The van der Waals surface area contributed by atoms with E-state index in [9.17, 15) is 0 Å². The van der Waals surface area contributed by atoms with E-state index >= 15 is 0 Å². The van der Waals surface area contributed by atoms with Gasteiger partial charge < -0.3 is 19.6 Å². The normalized spacial score (nSPS) is 18.4. The average Bonchev–Trinajstić information content (AvgIpc) is 2.75. The largest absolute Gasteiger partial charge is 0.368 e. The van der Waals surface area contributed by atoms with Crippen molar-refractivity contribution in [3.63, 3.8) is 0 Å². The first-order valence-corrected chi connectivity index (χ1v) is 9.48. The summed E-state index contributed by atoms with van der Waals surface area (Å²) < 4.78 is 0. The third kappa shape index (κ3) is 3.96. The molecule has 2 aromatic rings. The van der Waals surface area contributed by atoms with Gasteiger partial charge in [0.05, 0.1) is 11.6 Å². The molecule has 0 bridgehead atoms. The molecule has 0 amide bonds. The van der Waals surface area contributed by atoms with Crippen molar-refractivity contribution in [3.8, 4) is 6.07 Å². The maximum absolute atomic E-state index is 8.94. The predicted octanol–water partition coefficient (Wildman–Crippen LogP) is 1.43. The Balaban J connectivity index is 1.39. The fourth-order valence-electron chi connectivity index (χ4n) is 3.66. The fourth-order valence-corrected chi connectivity index (χ4v) is 3.66. The maximum atomic E-state index is 8.94. The zero-order valence-corrected chi connectivity index (χ0v) is 15.8. The summed E-state index contributed by atoms with van der Waals surface area (Å²) in [5.74, 6) is 2.04. The number of benzene rings is 1. The number of anilines is 3. The van der Waals surface area contributed by atoms with Crippen LogP contribution in [0.2, 0.25) is 0 Å². The van der Waals surface area contributed by atoms with Crippen molar-refractivity contribution in [3.05, 3.63) is 42.2 Å². The second kappa shape index (κ2) is 7.80. The van der Waals surface area contributed by atoms with Crippen molar-refractivity contribution in [2.45, 2.75) is 0 Å². The van der Waals surface area contributed by atoms with Crippen molar-refractivity contribution in [1.82, 2.24) is 14.9 Å². The van der Waals surface area contributed by atoms with Crippen molar-refractivity contribution >= 4 is 17.3 Å². The van der Waals surface area contributed by atoms with Crippen LogP contribution in [0.5, 0.6) is 0 Å². The second-order valence-electron chi connectivity index (χ2n) is 7.16. The van der Waals surface area contributed by atoms with E-state index in [2.05, 4.69) is 48.8 Å². The third-order valence-corrected chi connectivity index (χ3v) is 5.43. The molecule has 0 aliphatic carbocycles. The lowest BCUT2D eigenvalue weighted by atomic mass is 10.2. The van der Waals surface area contributed by atoms with E-state index < -0.39 is 0 Å². The number of hydrogen-bond acceptors (Lipinski definition) is 7. The van der Waals surface area contributed by atoms with Crippen LogP contribution in [0.15, 0.2) is 36.7 Å². The van der Waals surface area contributed by atoms with Crippen LogP contribution in [0.3, 0.4) is 0 Å². The molecule has 2 saturated heterocycles. The van der Waals surface area contributed by atoms with E-state index in [4.69, 9.17) is 5.26 Å². The van der Waals surface area contributed by atoms with Gasteiger partial charge in [-0.3, -0.25) is 0 Å². The monoisotopic (exact) mass is 363 g/mol. The highest BCUT2D eigenvalue weighted by molar-refractivity contribution is 5.54. The van der Waals surface area contributed by atoms with Crippen LogP contribution in [0.25, 0.3) is 0 Å². The number of piperazine rings is 2. The summed E-state index contributed by atoms with van der Waals surface area (Å²) in [6, 6.07) is 12.1. The van der Waals surface area contributed by atoms with Gasteiger partial charge >= 0.3 is 0 Å².